The molecule has 0 radical (unpaired) electrons. The fourth-order valence-electron chi connectivity index (χ4n) is 3.66. The van der Waals surface area contributed by atoms with Crippen molar-refractivity contribution in [3.63, 3.8) is 0 Å². The Bertz CT molecular complexity index is 744. The van der Waals surface area contributed by atoms with Crippen molar-refractivity contribution in [2.24, 2.45) is 5.92 Å². The molecule has 1 N–H and O–H groups in total. The van der Waals surface area contributed by atoms with E-state index in [1.54, 1.807) is 0 Å². The Labute approximate surface area is 167 Å². The molecule has 144 valence electrons. The Hall–Kier alpha value is -1.84. The summed E-state index contributed by atoms with van der Waals surface area (Å²) in [5.41, 5.74) is 3.35. The zero-order valence-electron chi connectivity index (χ0n) is 16.1. The van der Waals surface area contributed by atoms with E-state index >= 15 is 0 Å². The van der Waals surface area contributed by atoms with Gasteiger partial charge in [0.05, 0.1) is 5.92 Å². The molecule has 1 saturated heterocycles. The maximum Gasteiger partial charge on any atom is 0.228 e. The first-order valence-corrected chi connectivity index (χ1v) is 10.4. The van der Waals surface area contributed by atoms with Gasteiger partial charge in [0.2, 0.25) is 5.91 Å². The van der Waals surface area contributed by atoms with Crippen LogP contribution in [0, 0.1) is 5.92 Å². The second kappa shape index (κ2) is 9.91. The molecule has 3 rings (SSSR count). The monoisotopic (exact) mass is 384 g/mol. The average Bonchev–Trinajstić information content (AvgIpc) is 2.69. The van der Waals surface area contributed by atoms with Crippen LogP contribution >= 0.6 is 11.6 Å². The highest BCUT2D eigenvalue weighted by molar-refractivity contribution is 6.31. The molecule has 1 amide bonds. The summed E-state index contributed by atoms with van der Waals surface area (Å²) in [5.74, 6) is 0.154. The Morgan fingerprint density at radius 2 is 1.96 bits per heavy atom. The SMILES string of the molecule is CCCCc1ccc(NC(=O)C2CCCN(Cc3ccccc3Cl)C2)cc1. The van der Waals surface area contributed by atoms with Gasteiger partial charge < -0.3 is 5.32 Å². The normalized spacial score (nSPS) is 17.6. The van der Waals surface area contributed by atoms with Crippen LogP contribution in [0.4, 0.5) is 5.69 Å². The summed E-state index contributed by atoms with van der Waals surface area (Å²) in [6.07, 6.45) is 5.49. The maximum atomic E-state index is 12.7. The summed E-state index contributed by atoms with van der Waals surface area (Å²) in [6, 6.07) is 16.2. The lowest BCUT2D eigenvalue weighted by Gasteiger charge is -2.32. The lowest BCUT2D eigenvalue weighted by molar-refractivity contribution is -0.121. The molecule has 3 nitrogen and oxygen atoms in total. The van der Waals surface area contributed by atoms with Gasteiger partial charge in [-0.1, -0.05) is 55.3 Å². The molecule has 1 atom stereocenters. The van der Waals surface area contributed by atoms with Crippen molar-refractivity contribution in [3.8, 4) is 0 Å². The Kier molecular flexibility index (Phi) is 7.31. The van der Waals surface area contributed by atoms with Gasteiger partial charge in [0.1, 0.15) is 0 Å². The molecule has 4 heteroatoms. The first-order chi connectivity index (χ1) is 13.2. The number of likely N-dealkylation sites (tertiary alicyclic amines) is 1. The van der Waals surface area contributed by atoms with E-state index in [0.717, 1.165) is 55.2 Å². The number of piperidine rings is 1. The van der Waals surface area contributed by atoms with Gasteiger partial charge in [-0.15, -0.1) is 0 Å². The van der Waals surface area contributed by atoms with Crippen molar-refractivity contribution in [3.05, 3.63) is 64.7 Å². The first kappa shape index (κ1) is 19.9. The van der Waals surface area contributed by atoms with Crippen LogP contribution in [0.1, 0.15) is 43.7 Å². The quantitative estimate of drug-likeness (QED) is 0.680. The molecule has 0 spiro atoms. The predicted molar refractivity (Wildman–Crippen MR) is 113 cm³/mol. The van der Waals surface area contributed by atoms with Gasteiger partial charge in [-0.25, -0.2) is 0 Å². The summed E-state index contributed by atoms with van der Waals surface area (Å²) in [7, 11) is 0. The topological polar surface area (TPSA) is 32.3 Å². The van der Waals surface area contributed by atoms with Crippen LogP contribution in [-0.2, 0) is 17.8 Å². The fourth-order valence-corrected chi connectivity index (χ4v) is 3.86. The minimum atomic E-state index is 0.0287. The van der Waals surface area contributed by atoms with Crippen molar-refractivity contribution in [2.75, 3.05) is 18.4 Å². The van der Waals surface area contributed by atoms with Crippen molar-refractivity contribution < 1.29 is 4.79 Å². The van der Waals surface area contributed by atoms with Gasteiger partial charge in [-0.3, -0.25) is 9.69 Å². The molecular weight excluding hydrogens is 356 g/mol. The molecular formula is C23H29ClN2O. The average molecular weight is 385 g/mol. The third-order valence-electron chi connectivity index (χ3n) is 5.27. The number of amides is 1. The number of unbranched alkanes of at least 4 members (excludes halogenated alkanes) is 1. The van der Waals surface area contributed by atoms with Crippen LogP contribution in [-0.4, -0.2) is 23.9 Å². The number of benzene rings is 2. The molecule has 0 saturated carbocycles. The summed E-state index contributed by atoms with van der Waals surface area (Å²) >= 11 is 6.29. The van der Waals surface area contributed by atoms with Crippen LogP contribution in [0.3, 0.4) is 0 Å². The summed E-state index contributed by atoms with van der Waals surface area (Å²) in [5, 5.41) is 3.90. The van der Waals surface area contributed by atoms with Crippen molar-refractivity contribution >= 4 is 23.2 Å². The molecule has 0 bridgehead atoms. The minimum absolute atomic E-state index is 0.0287. The second-order valence-corrected chi connectivity index (χ2v) is 7.86. The summed E-state index contributed by atoms with van der Waals surface area (Å²) < 4.78 is 0. The third kappa shape index (κ3) is 5.82. The summed E-state index contributed by atoms with van der Waals surface area (Å²) in [6.45, 7) is 4.80. The van der Waals surface area contributed by atoms with Crippen LogP contribution in [0.2, 0.25) is 5.02 Å². The van der Waals surface area contributed by atoms with Gasteiger partial charge in [-0.2, -0.15) is 0 Å². The highest BCUT2D eigenvalue weighted by Crippen LogP contribution is 2.23. The van der Waals surface area contributed by atoms with E-state index < -0.39 is 0 Å². The highest BCUT2D eigenvalue weighted by Gasteiger charge is 2.26. The number of carbonyl (C=O) groups excluding carboxylic acids is 1. The van der Waals surface area contributed by atoms with E-state index in [1.807, 2.05) is 30.3 Å². The standard InChI is InChI=1S/C23H29ClN2O/c1-2-3-7-18-11-13-21(14-12-18)25-23(27)20-9-6-15-26(17-20)16-19-8-4-5-10-22(19)24/h4-5,8,10-14,20H,2-3,6-7,9,15-17H2,1H3,(H,25,27). The zero-order chi connectivity index (χ0) is 19.1. The number of halogens is 1. The van der Waals surface area contributed by atoms with Crippen molar-refractivity contribution in [1.82, 2.24) is 4.90 Å². The number of nitrogens with zero attached hydrogens (tertiary/aromatic N) is 1. The number of rotatable bonds is 7. The van der Waals surface area contributed by atoms with Crippen molar-refractivity contribution in [1.29, 1.82) is 0 Å². The van der Waals surface area contributed by atoms with Gasteiger partial charge in [-0.05, 0) is 61.6 Å². The van der Waals surface area contributed by atoms with Crippen molar-refractivity contribution in [2.45, 2.75) is 45.6 Å². The lowest BCUT2D eigenvalue weighted by atomic mass is 9.96. The molecule has 27 heavy (non-hydrogen) atoms. The fraction of sp³-hybridized carbons (Fsp3) is 0.435. The lowest BCUT2D eigenvalue weighted by Crippen LogP contribution is -2.40. The Morgan fingerprint density at radius 1 is 1.19 bits per heavy atom. The van der Waals surface area contributed by atoms with Gasteiger partial charge >= 0.3 is 0 Å². The van der Waals surface area contributed by atoms with E-state index in [9.17, 15) is 4.79 Å². The molecule has 1 unspecified atom stereocenters. The Morgan fingerprint density at radius 3 is 2.70 bits per heavy atom. The Balaban J connectivity index is 1.54. The van der Waals surface area contributed by atoms with Crippen LogP contribution < -0.4 is 5.32 Å². The van der Waals surface area contributed by atoms with Crippen LogP contribution in [0.5, 0.6) is 0 Å². The summed E-state index contributed by atoms with van der Waals surface area (Å²) in [4.78, 5) is 15.1. The van der Waals surface area contributed by atoms with E-state index in [1.165, 1.54) is 18.4 Å². The molecule has 2 aromatic carbocycles. The number of hydrogen-bond acceptors (Lipinski definition) is 2. The van der Waals surface area contributed by atoms with E-state index in [4.69, 9.17) is 11.6 Å². The largest absolute Gasteiger partial charge is 0.326 e. The molecule has 0 aromatic heterocycles. The number of hydrogen-bond donors (Lipinski definition) is 1. The zero-order valence-corrected chi connectivity index (χ0v) is 16.8. The number of nitrogens with one attached hydrogen (secondary N) is 1. The third-order valence-corrected chi connectivity index (χ3v) is 5.64. The van der Waals surface area contributed by atoms with E-state index in [-0.39, 0.29) is 11.8 Å². The smallest absolute Gasteiger partial charge is 0.228 e. The number of carbonyl (C=O) groups is 1. The molecule has 1 aliphatic heterocycles. The number of anilines is 1. The number of aryl methyl sites for hydroxylation is 1. The van der Waals surface area contributed by atoms with Crippen LogP contribution in [0.15, 0.2) is 48.5 Å². The van der Waals surface area contributed by atoms with Gasteiger partial charge in [0.25, 0.3) is 0 Å². The minimum Gasteiger partial charge on any atom is -0.326 e. The van der Waals surface area contributed by atoms with Gasteiger partial charge in [0.15, 0.2) is 0 Å². The van der Waals surface area contributed by atoms with E-state index in [0.29, 0.717) is 0 Å². The molecule has 0 aliphatic carbocycles. The molecule has 1 heterocycles. The maximum absolute atomic E-state index is 12.7. The highest BCUT2D eigenvalue weighted by atomic mass is 35.5. The molecule has 1 fully saturated rings. The first-order valence-electron chi connectivity index (χ1n) is 10.0. The second-order valence-electron chi connectivity index (χ2n) is 7.46. The molecule has 2 aromatic rings. The predicted octanol–water partition coefficient (Wildman–Crippen LogP) is 5.53. The van der Waals surface area contributed by atoms with Gasteiger partial charge in [0, 0.05) is 23.8 Å². The van der Waals surface area contributed by atoms with E-state index in [2.05, 4.69) is 35.3 Å². The molecule has 1 aliphatic rings. The van der Waals surface area contributed by atoms with Crippen LogP contribution in [0.25, 0.3) is 0 Å².